The highest BCUT2D eigenvalue weighted by Gasteiger charge is 2.30. The molecule has 3 aromatic rings. The van der Waals surface area contributed by atoms with Crippen LogP contribution in [0.2, 0.25) is 0 Å². The van der Waals surface area contributed by atoms with E-state index in [-0.39, 0.29) is 24.3 Å². The summed E-state index contributed by atoms with van der Waals surface area (Å²) in [6.07, 6.45) is -0.0968. The molecule has 9 heteroatoms. The molecule has 0 bridgehead atoms. The van der Waals surface area contributed by atoms with E-state index in [4.69, 9.17) is 18.7 Å². The third-order valence-corrected chi connectivity index (χ3v) is 8.12. The Labute approximate surface area is 230 Å². The van der Waals surface area contributed by atoms with Crippen LogP contribution in [0.25, 0.3) is 11.1 Å². The van der Waals surface area contributed by atoms with Gasteiger partial charge in [0.1, 0.15) is 18.2 Å². The minimum absolute atomic E-state index is 0.0245. The standard InChI is InChI=1S/C30H39FNO6P/c1-8-38-39(7,34)19-27(33)21-10-9-11-22(15-21)37-18-20-12-13-23(24-16-28(35-5)32-17-26(24)31)25(14-20)29(36-6)30(2,3)4/h9-17,27,29,33H,8,18-19H2,1-7H3/t27-,29-,39?/m1/s1. The molecule has 3 atom stereocenters. The van der Waals surface area contributed by atoms with Gasteiger partial charge in [0.05, 0.1) is 38.3 Å². The Morgan fingerprint density at radius 1 is 1.08 bits per heavy atom. The van der Waals surface area contributed by atoms with E-state index in [0.717, 1.165) is 17.3 Å². The van der Waals surface area contributed by atoms with Crippen LogP contribution in [-0.2, 0) is 20.4 Å². The fourth-order valence-electron chi connectivity index (χ4n) is 4.57. The molecule has 0 saturated carbocycles. The number of ether oxygens (including phenoxy) is 3. The molecule has 1 N–H and O–H groups in total. The maximum absolute atomic E-state index is 14.9. The molecule has 0 saturated heterocycles. The maximum atomic E-state index is 14.9. The zero-order valence-corrected chi connectivity index (χ0v) is 24.6. The summed E-state index contributed by atoms with van der Waals surface area (Å²) in [7, 11) is 0.230. The van der Waals surface area contributed by atoms with Gasteiger partial charge >= 0.3 is 0 Å². The van der Waals surface area contributed by atoms with E-state index in [1.54, 1.807) is 44.4 Å². The molecule has 0 amide bonds. The van der Waals surface area contributed by atoms with Gasteiger partial charge in [-0.2, -0.15) is 0 Å². The number of rotatable bonds is 12. The molecule has 1 aromatic heterocycles. The average Bonchev–Trinajstić information content (AvgIpc) is 2.87. The monoisotopic (exact) mass is 559 g/mol. The van der Waals surface area contributed by atoms with Gasteiger partial charge in [-0.3, -0.25) is 4.57 Å². The number of methoxy groups -OCH3 is 2. The molecule has 39 heavy (non-hydrogen) atoms. The molecule has 1 heterocycles. The van der Waals surface area contributed by atoms with E-state index in [1.807, 2.05) is 18.2 Å². The zero-order chi connectivity index (χ0) is 28.8. The number of halogens is 1. The van der Waals surface area contributed by atoms with Gasteiger partial charge in [-0.1, -0.05) is 45.0 Å². The van der Waals surface area contributed by atoms with Crippen molar-refractivity contribution in [1.29, 1.82) is 0 Å². The van der Waals surface area contributed by atoms with E-state index < -0.39 is 19.3 Å². The third kappa shape index (κ3) is 8.12. The van der Waals surface area contributed by atoms with Gasteiger partial charge in [0, 0.05) is 25.4 Å². The van der Waals surface area contributed by atoms with Crippen molar-refractivity contribution in [3.05, 3.63) is 77.2 Å². The topological polar surface area (TPSA) is 87.1 Å². The SMILES string of the molecule is CCOP(C)(=O)C[C@@H](O)c1cccc(OCc2ccc(-c3cc(OC)ncc3F)c([C@@H](OC)C(C)(C)C)c2)c1. The second kappa shape index (κ2) is 13.1. The van der Waals surface area contributed by atoms with Crippen LogP contribution >= 0.6 is 7.37 Å². The van der Waals surface area contributed by atoms with E-state index >= 15 is 0 Å². The van der Waals surface area contributed by atoms with Crippen molar-refractivity contribution in [3.63, 3.8) is 0 Å². The van der Waals surface area contributed by atoms with Crippen LogP contribution < -0.4 is 9.47 Å². The molecule has 0 aliphatic heterocycles. The largest absolute Gasteiger partial charge is 0.489 e. The Kier molecular flexibility index (Phi) is 10.3. The second-order valence-electron chi connectivity index (χ2n) is 10.6. The van der Waals surface area contributed by atoms with Crippen LogP contribution in [0.1, 0.15) is 56.6 Å². The molecule has 3 rings (SSSR count). The molecule has 0 radical (unpaired) electrons. The third-order valence-electron chi connectivity index (χ3n) is 6.31. The van der Waals surface area contributed by atoms with Gasteiger partial charge in [-0.25, -0.2) is 9.37 Å². The first-order chi connectivity index (χ1) is 18.4. The summed E-state index contributed by atoms with van der Waals surface area (Å²) >= 11 is 0. The number of aromatic nitrogens is 1. The van der Waals surface area contributed by atoms with E-state index in [9.17, 15) is 14.1 Å². The molecule has 212 valence electrons. The number of hydrogen-bond donors (Lipinski definition) is 1. The first-order valence-corrected chi connectivity index (χ1v) is 15.1. The Balaban J connectivity index is 1.91. The fourth-order valence-corrected chi connectivity index (χ4v) is 6.06. The number of pyridine rings is 1. The summed E-state index contributed by atoms with van der Waals surface area (Å²) in [6.45, 7) is 10.1. The molecule has 0 aliphatic carbocycles. The summed E-state index contributed by atoms with van der Waals surface area (Å²) in [5, 5.41) is 10.6. The molecular weight excluding hydrogens is 520 g/mol. The highest BCUT2D eigenvalue weighted by atomic mass is 31.2. The highest BCUT2D eigenvalue weighted by Crippen LogP contribution is 2.46. The smallest absolute Gasteiger partial charge is 0.213 e. The Morgan fingerprint density at radius 2 is 1.82 bits per heavy atom. The number of aliphatic hydroxyl groups excluding tert-OH is 1. The molecule has 7 nitrogen and oxygen atoms in total. The first kappa shape index (κ1) is 30.8. The Morgan fingerprint density at radius 3 is 2.46 bits per heavy atom. The van der Waals surface area contributed by atoms with Crippen molar-refractivity contribution in [2.45, 2.75) is 46.5 Å². The first-order valence-electron chi connectivity index (χ1n) is 12.9. The van der Waals surface area contributed by atoms with Gasteiger partial charge in [0.15, 0.2) is 0 Å². The lowest BCUT2D eigenvalue weighted by Crippen LogP contribution is -2.21. The fraction of sp³-hybridized carbons (Fsp3) is 0.433. The highest BCUT2D eigenvalue weighted by molar-refractivity contribution is 7.58. The maximum Gasteiger partial charge on any atom is 0.213 e. The van der Waals surface area contributed by atoms with Gasteiger partial charge < -0.3 is 23.8 Å². The van der Waals surface area contributed by atoms with Gasteiger partial charge in [-0.15, -0.1) is 0 Å². The van der Waals surface area contributed by atoms with Crippen molar-refractivity contribution in [1.82, 2.24) is 4.98 Å². The summed E-state index contributed by atoms with van der Waals surface area (Å²) in [6, 6.07) is 14.4. The molecular formula is C30H39FNO6P. The van der Waals surface area contributed by atoms with E-state index in [0.29, 0.717) is 34.9 Å². The quantitative estimate of drug-likeness (QED) is 0.235. The zero-order valence-electron chi connectivity index (χ0n) is 23.7. The number of hydrogen-bond acceptors (Lipinski definition) is 7. The minimum atomic E-state index is -2.90. The molecule has 0 aliphatic rings. The van der Waals surface area contributed by atoms with Crippen molar-refractivity contribution >= 4 is 7.37 Å². The van der Waals surface area contributed by atoms with E-state index in [1.165, 1.54) is 13.8 Å². The van der Waals surface area contributed by atoms with Crippen LogP contribution in [0.15, 0.2) is 54.7 Å². The lowest BCUT2D eigenvalue weighted by atomic mass is 9.81. The lowest BCUT2D eigenvalue weighted by Gasteiger charge is -2.32. The van der Waals surface area contributed by atoms with Crippen molar-refractivity contribution in [3.8, 4) is 22.8 Å². The predicted octanol–water partition coefficient (Wildman–Crippen LogP) is 7.19. The summed E-state index contributed by atoms with van der Waals surface area (Å²) in [4.78, 5) is 3.97. The van der Waals surface area contributed by atoms with Gasteiger partial charge in [0.2, 0.25) is 13.2 Å². The second-order valence-corrected chi connectivity index (χ2v) is 13.3. The molecule has 2 aromatic carbocycles. The van der Waals surface area contributed by atoms with Crippen molar-refractivity contribution in [2.75, 3.05) is 33.7 Å². The van der Waals surface area contributed by atoms with Crippen molar-refractivity contribution < 1.29 is 32.8 Å². The molecule has 1 unspecified atom stereocenters. The van der Waals surface area contributed by atoms with Crippen LogP contribution in [0, 0.1) is 11.2 Å². The Bertz CT molecular complexity index is 1310. The predicted molar refractivity (Wildman–Crippen MR) is 151 cm³/mol. The van der Waals surface area contributed by atoms with Crippen LogP contribution in [0.3, 0.4) is 0 Å². The molecule has 0 spiro atoms. The minimum Gasteiger partial charge on any atom is -0.489 e. The van der Waals surface area contributed by atoms with E-state index in [2.05, 4.69) is 25.8 Å². The van der Waals surface area contributed by atoms with Gasteiger partial charge in [-0.05, 0) is 52.8 Å². The normalized spacial score (nSPS) is 14.9. The summed E-state index contributed by atoms with van der Waals surface area (Å²) in [5.74, 6) is 0.418. The van der Waals surface area contributed by atoms with Crippen LogP contribution in [0.5, 0.6) is 11.6 Å². The lowest BCUT2D eigenvalue weighted by molar-refractivity contribution is 0.0155. The Hall–Kier alpha value is -2.77. The van der Waals surface area contributed by atoms with Crippen LogP contribution in [0.4, 0.5) is 4.39 Å². The number of benzene rings is 2. The van der Waals surface area contributed by atoms with Crippen molar-refractivity contribution in [2.24, 2.45) is 5.41 Å². The summed E-state index contributed by atoms with van der Waals surface area (Å²) < 4.78 is 49.9. The average molecular weight is 560 g/mol. The van der Waals surface area contributed by atoms with Crippen LogP contribution in [-0.4, -0.2) is 43.7 Å². The van der Waals surface area contributed by atoms with Gasteiger partial charge in [0.25, 0.3) is 0 Å². The summed E-state index contributed by atoms with van der Waals surface area (Å²) in [5.41, 5.74) is 3.06. The molecule has 0 fully saturated rings. The number of aliphatic hydroxyl groups is 1. The number of nitrogens with zero attached hydrogens (tertiary/aromatic N) is 1.